The first-order valence-corrected chi connectivity index (χ1v) is 13.6. The fourth-order valence-electron chi connectivity index (χ4n) is 4.86. The summed E-state index contributed by atoms with van der Waals surface area (Å²) in [6.45, 7) is 2.62. The molecule has 11 nitrogen and oxygen atoms in total. The molecule has 1 aliphatic heterocycles. The first-order valence-electron chi connectivity index (χ1n) is 13.2. The quantitative estimate of drug-likeness (QED) is 0.186. The molecule has 1 saturated heterocycles. The third kappa shape index (κ3) is 6.79. The Hall–Kier alpha value is -3.93. The van der Waals surface area contributed by atoms with Crippen molar-refractivity contribution < 1.29 is 19.4 Å². The van der Waals surface area contributed by atoms with Crippen molar-refractivity contribution in [3.63, 3.8) is 0 Å². The zero-order valence-electron chi connectivity index (χ0n) is 22.2. The molecular weight excluding hydrogens is 534 g/mol. The number of rotatable bonds is 12. The van der Waals surface area contributed by atoms with Gasteiger partial charge in [-0.3, -0.25) is 14.8 Å². The van der Waals surface area contributed by atoms with Gasteiger partial charge < -0.3 is 25.2 Å². The molecule has 4 N–H and O–H groups in total. The molecule has 1 atom stereocenters. The lowest BCUT2D eigenvalue weighted by Gasteiger charge is -2.22. The smallest absolute Gasteiger partial charge is 0.230 e. The van der Waals surface area contributed by atoms with Crippen molar-refractivity contribution in [3.05, 3.63) is 59.5 Å². The molecule has 12 heteroatoms. The highest BCUT2D eigenvalue weighted by Gasteiger charge is 2.23. The molecule has 1 aliphatic rings. The number of methoxy groups -OCH3 is 1. The van der Waals surface area contributed by atoms with Crippen molar-refractivity contribution in [2.45, 2.75) is 31.7 Å². The minimum atomic E-state index is -0.198. The van der Waals surface area contributed by atoms with Gasteiger partial charge in [0.15, 0.2) is 17.3 Å². The molecule has 40 heavy (non-hydrogen) atoms. The predicted molar refractivity (Wildman–Crippen MR) is 154 cm³/mol. The van der Waals surface area contributed by atoms with Crippen LogP contribution in [-0.4, -0.2) is 75.5 Å². The topological polar surface area (TPSA) is 138 Å². The maximum atomic E-state index is 12.4. The molecular formula is C28H32ClN7O4. The van der Waals surface area contributed by atoms with E-state index in [-0.39, 0.29) is 25.0 Å². The van der Waals surface area contributed by atoms with Crippen LogP contribution < -0.4 is 20.1 Å². The molecule has 4 aromatic rings. The summed E-state index contributed by atoms with van der Waals surface area (Å²) in [6.07, 6.45) is 4.59. The number of aliphatic hydroxyl groups is 1. The summed E-state index contributed by atoms with van der Waals surface area (Å²) >= 11 is 5.99. The van der Waals surface area contributed by atoms with E-state index in [1.807, 2.05) is 12.1 Å². The number of amides is 1. The number of anilines is 3. The fraction of sp³-hybridized carbons (Fsp3) is 0.357. The molecule has 0 unspecified atom stereocenters. The van der Waals surface area contributed by atoms with Crippen molar-refractivity contribution in [1.29, 1.82) is 0 Å². The van der Waals surface area contributed by atoms with Crippen molar-refractivity contribution in [3.8, 4) is 11.5 Å². The predicted octanol–water partition coefficient (Wildman–Crippen LogP) is 4.17. The number of aromatic nitrogens is 4. The largest absolute Gasteiger partial charge is 0.493 e. The van der Waals surface area contributed by atoms with Crippen LogP contribution in [0.25, 0.3) is 10.9 Å². The van der Waals surface area contributed by atoms with Gasteiger partial charge in [-0.25, -0.2) is 9.97 Å². The number of hydrogen-bond acceptors (Lipinski definition) is 9. The van der Waals surface area contributed by atoms with Crippen LogP contribution in [0.3, 0.4) is 0 Å². The normalized spacial score (nSPS) is 15.3. The van der Waals surface area contributed by atoms with Crippen LogP contribution in [0.1, 0.15) is 25.0 Å². The number of fused-ring (bicyclic) bond motifs is 1. The number of carbonyl (C=O) groups excluding carboxylic acids is 1. The number of benzene rings is 2. The van der Waals surface area contributed by atoms with E-state index in [4.69, 9.17) is 21.1 Å². The van der Waals surface area contributed by atoms with Crippen LogP contribution in [0.5, 0.6) is 11.5 Å². The van der Waals surface area contributed by atoms with Crippen molar-refractivity contribution >= 4 is 45.7 Å². The number of hydrogen-bond donors (Lipinski definition) is 4. The molecule has 1 fully saturated rings. The molecule has 3 heterocycles. The number of aromatic amines is 1. The highest BCUT2D eigenvalue weighted by atomic mass is 35.5. The van der Waals surface area contributed by atoms with Crippen molar-refractivity contribution in [2.75, 3.05) is 44.0 Å². The van der Waals surface area contributed by atoms with Gasteiger partial charge in [0, 0.05) is 46.5 Å². The van der Waals surface area contributed by atoms with E-state index in [9.17, 15) is 9.90 Å². The first kappa shape index (κ1) is 27.6. The molecule has 1 amide bonds. The second-order valence-corrected chi connectivity index (χ2v) is 10.0. The number of likely N-dealkylation sites (tertiary alicyclic amines) is 1. The molecule has 2 aromatic carbocycles. The maximum absolute atomic E-state index is 12.4. The summed E-state index contributed by atoms with van der Waals surface area (Å²) in [5.41, 5.74) is 1.94. The van der Waals surface area contributed by atoms with Gasteiger partial charge in [0.25, 0.3) is 0 Å². The van der Waals surface area contributed by atoms with E-state index in [0.717, 1.165) is 37.7 Å². The molecule has 0 saturated carbocycles. The van der Waals surface area contributed by atoms with Crippen LogP contribution in [0, 0.1) is 0 Å². The van der Waals surface area contributed by atoms with E-state index >= 15 is 0 Å². The average molecular weight is 566 g/mol. The van der Waals surface area contributed by atoms with Crippen LogP contribution in [0.2, 0.25) is 5.02 Å². The number of nitrogens with zero attached hydrogens (tertiary/aromatic N) is 4. The lowest BCUT2D eigenvalue weighted by Crippen LogP contribution is -2.33. The molecule has 210 valence electrons. The number of H-pyrrole nitrogens is 1. The zero-order chi connectivity index (χ0) is 27.9. The summed E-state index contributed by atoms with van der Waals surface area (Å²) in [5.74, 6) is 2.02. The minimum absolute atomic E-state index is 0.110. The summed E-state index contributed by atoms with van der Waals surface area (Å²) in [6, 6.07) is 12.7. The maximum Gasteiger partial charge on any atom is 0.230 e. The first-order chi connectivity index (χ1) is 19.5. The fourth-order valence-corrected chi connectivity index (χ4v) is 5.05. The molecule has 0 aliphatic carbocycles. The second-order valence-electron chi connectivity index (χ2n) is 9.60. The van der Waals surface area contributed by atoms with Crippen molar-refractivity contribution in [1.82, 2.24) is 25.1 Å². The van der Waals surface area contributed by atoms with Crippen LogP contribution in [0.4, 0.5) is 17.3 Å². The van der Waals surface area contributed by atoms with Gasteiger partial charge in [0.1, 0.15) is 12.1 Å². The van der Waals surface area contributed by atoms with E-state index in [1.54, 1.807) is 37.4 Å². The minimum Gasteiger partial charge on any atom is -0.493 e. The Morgan fingerprint density at radius 1 is 1.23 bits per heavy atom. The lowest BCUT2D eigenvalue weighted by molar-refractivity contribution is -0.115. The van der Waals surface area contributed by atoms with Gasteiger partial charge in [0.2, 0.25) is 5.91 Å². The SMILES string of the molecule is COc1cc2c(Nc3cc(CC(=O)Nc4cccc(Cl)c4)[nH]n3)ncnc2cc1OCCCN1CCC[C@@H]1CO. The third-order valence-electron chi connectivity index (χ3n) is 6.81. The molecule has 0 spiro atoms. The second kappa shape index (κ2) is 12.9. The van der Waals surface area contributed by atoms with E-state index < -0.39 is 0 Å². The Morgan fingerprint density at radius 2 is 2.12 bits per heavy atom. The van der Waals surface area contributed by atoms with Gasteiger partial charge in [-0.15, -0.1) is 0 Å². The van der Waals surface area contributed by atoms with Gasteiger partial charge in [-0.1, -0.05) is 17.7 Å². The summed E-state index contributed by atoms with van der Waals surface area (Å²) in [5, 5.41) is 24.0. The van der Waals surface area contributed by atoms with E-state index in [2.05, 4.69) is 35.7 Å². The van der Waals surface area contributed by atoms with Gasteiger partial charge >= 0.3 is 0 Å². The number of halogens is 1. The standard InChI is InChI=1S/C28H32ClN7O4/c1-39-24-14-22-23(15-25(24)40-10-4-9-36-8-3-7-21(36)16-37)30-17-31-28(22)33-26-12-20(34-35-26)13-27(38)32-19-6-2-5-18(29)11-19/h2,5-6,11-12,14-15,17,21,37H,3-4,7-10,13,16H2,1H3,(H,32,38)(H2,30,31,33,34,35)/t21-/m1/s1. The molecule has 0 radical (unpaired) electrons. The lowest BCUT2D eigenvalue weighted by atomic mass is 10.2. The number of aliphatic hydroxyl groups excluding tert-OH is 1. The average Bonchev–Trinajstić information content (AvgIpc) is 3.59. The Labute approximate surface area is 236 Å². The molecule has 2 aromatic heterocycles. The van der Waals surface area contributed by atoms with Crippen LogP contribution >= 0.6 is 11.6 Å². The summed E-state index contributed by atoms with van der Waals surface area (Å²) in [4.78, 5) is 23.6. The van der Waals surface area contributed by atoms with Gasteiger partial charge in [-0.05, 0) is 50.1 Å². The Morgan fingerprint density at radius 3 is 2.95 bits per heavy atom. The van der Waals surface area contributed by atoms with Crippen molar-refractivity contribution in [2.24, 2.45) is 0 Å². The summed E-state index contributed by atoms with van der Waals surface area (Å²) in [7, 11) is 1.59. The van der Waals surface area contributed by atoms with E-state index in [1.165, 1.54) is 6.33 Å². The number of nitrogens with one attached hydrogen (secondary N) is 3. The molecule has 5 rings (SSSR count). The molecule has 0 bridgehead atoms. The Balaban J connectivity index is 1.22. The summed E-state index contributed by atoms with van der Waals surface area (Å²) < 4.78 is 11.7. The van der Waals surface area contributed by atoms with Gasteiger partial charge in [0.05, 0.1) is 32.3 Å². The number of ether oxygens (including phenoxy) is 2. The van der Waals surface area contributed by atoms with E-state index in [0.29, 0.717) is 51.7 Å². The monoisotopic (exact) mass is 565 g/mol. The van der Waals surface area contributed by atoms with Crippen LogP contribution in [-0.2, 0) is 11.2 Å². The Kier molecular flexibility index (Phi) is 8.94. The highest BCUT2D eigenvalue weighted by Crippen LogP contribution is 2.34. The number of carbonyl (C=O) groups is 1. The zero-order valence-corrected chi connectivity index (χ0v) is 22.9. The highest BCUT2D eigenvalue weighted by molar-refractivity contribution is 6.30. The van der Waals surface area contributed by atoms with Crippen LogP contribution in [0.15, 0.2) is 48.8 Å². The Bertz CT molecular complexity index is 1460. The third-order valence-corrected chi connectivity index (χ3v) is 7.05. The van der Waals surface area contributed by atoms with Gasteiger partial charge in [-0.2, -0.15) is 5.10 Å².